The molecule has 0 unspecified atom stereocenters. The van der Waals surface area contributed by atoms with Crippen LogP contribution >= 0.6 is 11.6 Å². The van der Waals surface area contributed by atoms with Gasteiger partial charge in [-0.05, 0) is 13.3 Å². The number of allylic oxidation sites excluding steroid dienone is 1. The van der Waals surface area contributed by atoms with E-state index in [1.807, 2.05) is 0 Å². The summed E-state index contributed by atoms with van der Waals surface area (Å²) in [5.41, 5.74) is 0. The van der Waals surface area contributed by atoms with Gasteiger partial charge < -0.3 is 4.79 Å². The quantitative estimate of drug-likeness (QED) is 0.575. The zero-order chi connectivity index (χ0) is 6.57. The maximum absolute atomic E-state index is 10.2. The van der Waals surface area contributed by atoms with E-state index < -0.39 is 0 Å². The van der Waals surface area contributed by atoms with Gasteiger partial charge in [0.1, 0.15) is 5.78 Å². The molecule has 0 aromatic carbocycles. The molecule has 0 N–H and O–H groups in total. The molecule has 2 heteroatoms. The monoisotopic (exact) mass is 132 g/mol. The number of rotatable bonds is 3. The van der Waals surface area contributed by atoms with Gasteiger partial charge in [0, 0.05) is 11.5 Å². The van der Waals surface area contributed by atoms with E-state index in [1.54, 1.807) is 6.92 Å². The van der Waals surface area contributed by atoms with Gasteiger partial charge in [0.25, 0.3) is 0 Å². The molecule has 0 aromatic heterocycles. The summed E-state index contributed by atoms with van der Waals surface area (Å²) in [7, 11) is 0. The lowest BCUT2D eigenvalue weighted by Crippen LogP contribution is -1.87. The van der Waals surface area contributed by atoms with Crippen LogP contribution in [0, 0.1) is 0 Å². The van der Waals surface area contributed by atoms with Crippen LogP contribution in [0.15, 0.2) is 11.6 Å². The zero-order valence-corrected chi connectivity index (χ0v) is 5.66. The number of hydrogen-bond acceptors (Lipinski definition) is 1. The molecule has 0 aliphatic rings. The second kappa shape index (κ2) is 3.67. The second-order valence-electron chi connectivity index (χ2n) is 1.72. The molecule has 8 heavy (non-hydrogen) atoms. The summed E-state index contributed by atoms with van der Waals surface area (Å²) in [6.45, 7) is 4.98. The van der Waals surface area contributed by atoms with Gasteiger partial charge >= 0.3 is 0 Å². The van der Waals surface area contributed by atoms with Gasteiger partial charge in [-0.1, -0.05) is 18.2 Å². The van der Waals surface area contributed by atoms with Crippen LogP contribution in [0.2, 0.25) is 0 Å². The van der Waals surface area contributed by atoms with Crippen molar-refractivity contribution in [2.24, 2.45) is 0 Å². The Balaban J connectivity index is 3.18. The summed E-state index contributed by atoms with van der Waals surface area (Å²) in [6, 6.07) is 0. The van der Waals surface area contributed by atoms with Gasteiger partial charge in [0.05, 0.1) is 0 Å². The first-order chi connectivity index (χ1) is 3.63. The summed E-state index contributed by atoms with van der Waals surface area (Å²) < 4.78 is 0. The summed E-state index contributed by atoms with van der Waals surface area (Å²) in [4.78, 5) is 10.2. The first-order valence-corrected chi connectivity index (χ1v) is 2.83. The molecule has 0 saturated carbocycles. The van der Waals surface area contributed by atoms with Crippen molar-refractivity contribution in [1.82, 2.24) is 0 Å². The number of Topliss-reactive ketones (excluding diaryl/α,β-unsaturated/α-hetero) is 1. The highest BCUT2D eigenvalue weighted by molar-refractivity contribution is 6.29. The van der Waals surface area contributed by atoms with E-state index in [9.17, 15) is 4.79 Å². The van der Waals surface area contributed by atoms with E-state index in [2.05, 4.69) is 6.58 Å². The van der Waals surface area contributed by atoms with Gasteiger partial charge in [0.2, 0.25) is 0 Å². The van der Waals surface area contributed by atoms with Crippen molar-refractivity contribution in [3.63, 3.8) is 0 Å². The largest absolute Gasteiger partial charge is 0.300 e. The predicted molar refractivity (Wildman–Crippen MR) is 34.9 cm³/mol. The van der Waals surface area contributed by atoms with Gasteiger partial charge in [0.15, 0.2) is 0 Å². The third-order valence-corrected chi connectivity index (χ3v) is 0.937. The maximum Gasteiger partial charge on any atom is 0.130 e. The molecule has 0 spiro atoms. The highest BCUT2D eigenvalue weighted by Crippen LogP contribution is 2.05. The van der Waals surface area contributed by atoms with Crippen molar-refractivity contribution in [2.45, 2.75) is 19.8 Å². The molecule has 0 aliphatic carbocycles. The van der Waals surface area contributed by atoms with Crippen molar-refractivity contribution in [3.05, 3.63) is 11.6 Å². The predicted octanol–water partition coefficient (Wildman–Crippen LogP) is 2.11. The molecule has 46 valence electrons. The average Bonchev–Trinajstić information content (AvgIpc) is 1.61. The minimum absolute atomic E-state index is 0.159. The first kappa shape index (κ1) is 7.70. The fourth-order valence-electron chi connectivity index (χ4n) is 0.312. The highest BCUT2D eigenvalue weighted by Gasteiger charge is 1.92. The van der Waals surface area contributed by atoms with Crippen molar-refractivity contribution in [1.29, 1.82) is 0 Å². The molecule has 0 aromatic rings. The molecule has 0 rings (SSSR count). The summed E-state index contributed by atoms with van der Waals surface area (Å²) in [5.74, 6) is 0.159. The van der Waals surface area contributed by atoms with E-state index >= 15 is 0 Å². The number of carbonyl (C=O) groups excluding carboxylic acids is 1. The first-order valence-electron chi connectivity index (χ1n) is 2.45. The minimum atomic E-state index is 0.159. The van der Waals surface area contributed by atoms with Crippen LogP contribution in [0.25, 0.3) is 0 Å². The molecule has 0 atom stereocenters. The molecular formula is C6H9ClO. The van der Waals surface area contributed by atoms with Crippen LogP contribution in [-0.2, 0) is 4.79 Å². The summed E-state index contributed by atoms with van der Waals surface area (Å²) in [5, 5.41) is 0.556. The van der Waals surface area contributed by atoms with E-state index in [4.69, 9.17) is 11.6 Å². The number of halogens is 1. The smallest absolute Gasteiger partial charge is 0.130 e. The Morgan fingerprint density at radius 3 is 2.25 bits per heavy atom. The minimum Gasteiger partial charge on any atom is -0.300 e. The molecule has 0 bridgehead atoms. The molecule has 0 amide bonds. The molecule has 0 fully saturated rings. The number of hydrogen-bond donors (Lipinski definition) is 0. The van der Waals surface area contributed by atoms with Crippen molar-refractivity contribution in [2.75, 3.05) is 0 Å². The standard InChI is InChI=1S/C6H9ClO/c1-5(7)3-4-6(2)8/h1,3-4H2,2H3. The highest BCUT2D eigenvalue weighted by atomic mass is 35.5. The van der Waals surface area contributed by atoms with E-state index in [0.717, 1.165) is 0 Å². The average molecular weight is 133 g/mol. The second-order valence-corrected chi connectivity index (χ2v) is 2.25. The topological polar surface area (TPSA) is 17.1 Å². The SMILES string of the molecule is C=C(Cl)CCC(C)=O. The Bertz CT molecular complexity index is 93.1. The molecule has 0 radical (unpaired) electrons. The van der Waals surface area contributed by atoms with Gasteiger partial charge in [-0.15, -0.1) is 0 Å². The Morgan fingerprint density at radius 1 is 1.62 bits per heavy atom. The maximum atomic E-state index is 10.2. The Hall–Kier alpha value is -0.300. The van der Waals surface area contributed by atoms with E-state index in [-0.39, 0.29) is 5.78 Å². The lowest BCUT2D eigenvalue weighted by molar-refractivity contribution is -0.116. The van der Waals surface area contributed by atoms with Crippen LogP contribution < -0.4 is 0 Å². The molecule has 0 aliphatic heterocycles. The third-order valence-electron chi connectivity index (χ3n) is 0.748. The zero-order valence-electron chi connectivity index (χ0n) is 4.91. The van der Waals surface area contributed by atoms with Crippen molar-refractivity contribution in [3.8, 4) is 0 Å². The molecular weight excluding hydrogens is 124 g/mol. The van der Waals surface area contributed by atoms with Crippen LogP contribution in [0.3, 0.4) is 0 Å². The lowest BCUT2D eigenvalue weighted by Gasteiger charge is -1.89. The fraction of sp³-hybridized carbons (Fsp3) is 0.500. The molecule has 0 heterocycles. The van der Waals surface area contributed by atoms with Crippen LogP contribution in [-0.4, -0.2) is 5.78 Å². The van der Waals surface area contributed by atoms with Gasteiger partial charge in [-0.3, -0.25) is 0 Å². The van der Waals surface area contributed by atoms with E-state index in [0.29, 0.717) is 17.9 Å². The van der Waals surface area contributed by atoms with Gasteiger partial charge in [-0.2, -0.15) is 0 Å². The van der Waals surface area contributed by atoms with Crippen molar-refractivity contribution < 1.29 is 4.79 Å². The van der Waals surface area contributed by atoms with Crippen LogP contribution in [0.4, 0.5) is 0 Å². The van der Waals surface area contributed by atoms with Crippen LogP contribution in [0.1, 0.15) is 19.8 Å². The number of ketones is 1. The Morgan fingerprint density at radius 2 is 2.12 bits per heavy atom. The van der Waals surface area contributed by atoms with Crippen molar-refractivity contribution >= 4 is 17.4 Å². The fourth-order valence-corrected chi connectivity index (χ4v) is 0.406. The van der Waals surface area contributed by atoms with E-state index in [1.165, 1.54) is 0 Å². The Labute approximate surface area is 54.3 Å². The third kappa shape index (κ3) is 5.70. The summed E-state index contributed by atoms with van der Waals surface area (Å²) >= 11 is 5.38. The molecule has 1 nitrogen and oxygen atoms in total. The Kier molecular flexibility index (Phi) is 3.53. The molecule has 0 saturated heterocycles. The lowest BCUT2D eigenvalue weighted by atomic mass is 10.2. The normalized spacial score (nSPS) is 8.75. The number of carbonyl (C=O) groups is 1. The van der Waals surface area contributed by atoms with Crippen LogP contribution in [0.5, 0.6) is 0 Å². The van der Waals surface area contributed by atoms with Gasteiger partial charge in [-0.25, -0.2) is 0 Å². The summed E-state index contributed by atoms with van der Waals surface area (Å²) in [6.07, 6.45) is 1.12.